The van der Waals surface area contributed by atoms with Gasteiger partial charge in [-0.3, -0.25) is 4.79 Å². The predicted molar refractivity (Wildman–Crippen MR) is 71.3 cm³/mol. The van der Waals surface area contributed by atoms with Crippen molar-refractivity contribution < 1.29 is 9.53 Å². The molecule has 0 radical (unpaired) electrons. The van der Waals surface area contributed by atoms with Gasteiger partial charge >= 0.3 is 0 Å². The highest BCUT2D eigenvalue weighted by molar-refractivity contribution is 9.09. The Morgan fingerprint density at radius 3 is 2.76 bits per heavy atom. The summed E-state index contributed by atoms with van der Waals surface area (Å²) in [5.41, 5.74) is 0. The molecule has 0 aliphatic carbocycles. The molecule has 0 aromatic rings. The van der Waals surface area contributed by atoms with Crippen LogP contribution in [-0.4, -0.2) is 41.9 Å². The lowest BCUT2D eigenvalue weighted by atomic mass is 9.98. The van der Waals surface area contributed by atoms with Gasteiger partial charge in [-0.2, -0.15) is 0 Å². The zero-order valence-electron chi connectivity index (χ0n) is 10.4. The molecule has 0 aromatic heterocycles. The Kier molecular flexibility index (Phi) is 5.29. The summed E-state index contributed by atoms with van der Waals surface area (Å²) in [7, 11) is 0. The average Bonchev–Trinajstić information content (AvgIpc) is 2.84. The van der Waals surface area contributed by atoms with Crippen LogP contribution in [0.25, 0.3) is 0 Å². The summed E-state index contributed by atoms with van der Waals surface area (Å²) in [5.74, 6) is 0.624. The molecule has 2 saturated heterocycles. The van der Waals surface area contributed by atoms with Gasteiger partial charge in [0.1, 0.15) is 0 Å². The lowest BCUT2D eigenvalue weighted by Crippen LogP contribution is -2.41. The second kappa shape index (κ2) is 6.74. The van der Waals surface area contributed by atoms with Crippen LogP contribution in [0.3, 0.4) is 0 Å². The maximum atomic E-state index is 12.4. The molecule has 0 spiro atoms. The zero-order chi connectivity index (χ0) is 12.1. The summed E-state index contributed by atoms with van der Waals surface area (Å²) in [6.07, 6.45) is 6.54. The Hall–Kier alpha value is -0.0900. The highest BCUT2D eigenvalue weighted by Gasteiger charge is 2.33. The summed E-state index contributed by atoms with van der Waals surface area (Å²) in [6.45, 7) is 2.50. The molecule has 3 nitrogen and oxygen atoms in total. The van der Waals surface area contributed by atoms with Gasteiger partial charge in [0.25, 0.3) is 0 Å². The quantitative estimate of drug-likeness (QED) is 0.747. The fourth-order valence-electron chi connectivity index (χ4n) is 2.92. The SMILES string of the molecule is O=C(C1CCOCC1)N1CCCC1CCCBr. The van der Waals surface area contributed by atoms with Crippen LogP contribution >= 0.6 is 15.9 Å². The number of nitrogens with zero attached hydrogens (tertiary/aromatic N) is 1. The van der Waals surface area contributed by atoms with E-state index in [-0.39, 0.29) is 5.92 Å². The first-order valence-electron chi connectivity index (χ1n) is 6.77. The smallest absolute Gasteiger partial charge is 0.226 e. The third kappa shape index (κ3) is 3.44. The van der Waals surface area contributed by atoms with Crippen molar-refractivity contribution in [2.45, 2.75) is 44.6 Å². The van der Waals surface area contributed by atoms with Crippen molar-refractivity contribution >= 4 is 21.8 Å². The number of likely N-dealkylation sites (tertiary alicyclic amines) is 1. The Bertz CT molecular complexity index is 254. The van der Waals surface area contributed by atoms with E-state index in [2.05, 4.69) is 20.8 Å². The largest absolute Gasteiger partial charge is 0.381 e. The Labute approximate surface area is 112 Å². The molecule has 2 aliphatic rings. The molecule has 98 valence electrons. The van der Waals surface area contributed by atoms with E-state index in [4.69, 9.17) is 4.74 Å². The van der Waals surface area contributed by atoms with E-state index in [1.165, 1.54) is 19.3 Å². The molecule has 0 saturated carbocycles. The number of rotatable bonds is 4. The second-order valence-electron chi connectivity index (χ2n) is 5.05. The highest BCUT2D eigenvalue weighted by atomic mass is 79.9. The lowest BCUT2D eigenvalue weighted by molar-refractivity contribution is -0.139. The summed E-state index contributed by atoms with van der Waals surface area (Å²) < 4.78 is 5.33. The van der Waals surface area contributed by atoms with Crippen molar-refractivity contribution in [3.05, 3.63) is 0 Å². The topological polar surface area (TPSA) is 29.5 Å². The number of alkyl halides is 1. The number of carbonyl (C=O) groups is 1. The Morgan fingerprint density at radius 2 is 2.06 bits per heavy atom. The molecule has 0 aromatic carbocycles. The molecule has 17 heavy (non-hydrogen) atoms. The van der Waals surface area contributed by atoms with Gasteiger partial charge in [0.05, 0.1) is 0 Å². The molecular formula is C13H22BrNO2. The summed E-state index contributed by atoms with van der Waals surface area (Å²) >= 11 is 3.47. The normalized spacial score (nSPS) is 26.4. The molecule has 2 heterocycles. The standard InChI is InChI=1S/C13H22BrNO2/c14-7-1-3-12-4-2-8-15(12)13(16)11-5-9-17-10-6-11/h11-12H,1-10H2. The van der Waals surface area contributed by atoms with E-state index >= 15 is 0 Å². The number of ether oxygens (including phenoxy) is 1. The van der Waals surface area contributed by atoms with Crippen LogP contribution in [0.15, 0.2) is 0 Å². The molecule has 2 rings (SSSR count). The fraction of sp³-hybridized carbons (Fsp3) is 0.923. The van der Waals surface area contributed by atoms with Crippen LogP contribution in [-0.2, 0) is 9.53 Å². The van der Waals surface area contributed by atoms with E-state index in [0.29, 0.717) is 11.9 Å². The predicted octanol–water partition coefficient (Wildman–Crippen LogP) is 2.58. The maximum Gasteiger partial charge on any atom is 0.226 e. The number of hydrogen-bond acceptors (Lipinski definition) is 2. The van der Waals surface area contributed by atoms with Gasteiger partial charge < -0.3 is 9.64 Å². The monoisotopic (exact) mass is 303 g/mol. The molecule has 0 N–H and O–H groups in total. The van der Waals surface area contributed by atoms with Crippen molar-refractivity contribution in [2.24, 2.45) is 5.92 Å². The van der Waals surface area contributed by atoms with Crippen molar-refractivity contribution in [1.82, 2.24) is 4.90 Å². The van der Waals surface area contributed by atoms with Crippen LogP contribution in [0.4, 0.5) is 0 Å². The first-order valence-corrected chi connectivity index (χ1v) is 7.89. The van der Waals surface area contributed by atoms with Gasteiger partial charge in [0.2, 0.25) is 5.91 Å². The van der Waals surface area contributed by atoms with Crippen LogP contribution < -0.4 is 0 Å². The average molecular weight is 304 g/mol. The Balaban J connectivity index is 1.88. The number of hydrogen-bond donors (Lipinski definition) is 0. The first-order chi connectivity index (χ1) is 8.33. The molecule has 1 unspecified atom stereocenters. The van der Waals surface area contributed by atoms with Crippen molar-refractivity contribution in [1.29, 1.82) is 0 Å². The minimum atomic E-state index is 0.230. The first kappa shape index (κ1) is 13.3. The minimum absolute atomic E-state index is 0.230. The summed E-state index contributed by atoms with van der Waals surface area (Å²) in [5, 5.41) is 1.04. The van der Waals surface area contributed by atoms with Crippen LogP contribution in [0, 0.1) is 5.92 Å². The van der Waals surface area contributed by atoms with Crippen molar-refractivity contribution in [3.63, 3.8) is 0 Å². The summed E-state index contributed by atoms with van der Waals surface area (Å²) in [6, 6.07) is 0.503. The van der Waals surface area contributed by atoms with Crippen molar-refractivity contribution in [2.75, 3.05) is 25.1 Å². The Morgan fingerprint density at radius 1 is 1.29 bits per heavy atom. The number of halogens is 1. The van der Waals surface area contributed by atoms with Gasteiger partial charge in [0, 0.05) is 37.0 Å². The third-order valence-corrected chi connectivity index (χ3v) is 4.46. The molecular weight excluding hydrogens is 282 g/mol. The third-order valence-electron chi connectivity index (χ3n) is 3.90. The molecule has 1 amide bonds. The fourth-order valence-corrected chi connectivity index (χ4v) is 3.24. The van der Waals surface area contributed by atoms with Crippen LogP contribution in [0.5, 0.6) is 0 Å². The zero-order valence-corrected chi connectivity index (χ0v) is 12.0. The van der Waals surface area contributed by atoms with Gasteiger partial charge in [-0.05, 0) is 38.5 Å². The number of carbonyl (C=O) groups excluding carboxylic acids is 1. The van der Waals surface area contributed by atoms with E-state index in [1.807, 2.05) is 0 Å². The molecule has 2 aliphatic heterocycles. The minimum Gasteiger partial charge on any atom is -0.381 e. The van der Waals surface area contributed by atoms with Gasteiger partial charge in [-0.25, -0.2) is 0 Å². The van der Waals surface area contributed by atoms with E-state index in [0.717, 1.165) is 44.4 Å². The highest BCUT2D eigenvalue weighted by Crippen LogP contribution is 2.26. The molecule has 2 fully saturated rings. The molecule has 0 bridgehead atoms. The van der Waals surface area contributed by atoms with Crippen molar-refractivity contribution in [3.8, 4) is 0 Å². The van der Waals surface area contributed by atoms with Crippen LogP contribution in [0.1, 0.15) is 38.5 Å². The van der Waals surface area contributed by atoms with E-state index < -0.39 is 0 Å². The molecule has 1 atom stereocenters. The van der Waals surface area contributed by atoms with Gasteiger partial charge in [-0.15, -0.1) is 0 Å². The number of amides is 1. The lowest BCUT2D eigenvalue weighted by Gasteiger charge is -2.30. The maximum absolute atomic E-state index is 12.4. The van der Waals surface area contributed by atoms with E-state index in [1.54, 1.807) is 0 Å². The second-order valence-corrected chi connectivity index (χ2v) is 5.84. The van der Waals surface area contributed by atoms with Gasteiger partial charge in [-0.1, -0.05) is 15.9 Å². The van der Waals surface area contributed by atoms with Gasteiger partial charge in [0.15, 0.2) is 0 Å². The summed E-state index contributed by atoms with van der Waals surface area (Å²) in [4.78, 5) is 14.6. The molecule has 4 heteroatoms. The van der Waals surface area contributed by atoms with E-state index in [9.17, 15) is 4.79 Å². The van der Waals surface area contributed by atoms with Crippen LogP contribution in [0.2, 0.25) is 0 Å².